The fraction of sp³-hybridized carbons (Fsp3) is 0.818. The van der Waals surface area contributed by atoms with Gasteiger partial charge in [0, 0.05) is 31.1 Å². The number of piperazine rings is 1. The SMILES string of the molecule is CC(C)(C)OC(=O)N1CCN([CH]([AlH2])C#N)CC1. The number of carbonyl (C=O) groups excluding carboxylic acids is 1. The van der Waals surface area contributed by atoms with Crippen LogP contribution in [0.2, 0.25) is 0 Å². The maximum atomic E-state index is 11.8. The van der Waals surface area contributed by atoms with Crippen molar-refractivity contribution in [2.24, 2.45) is 0 Å². The summed E-state index contributed by atoms with van der Waals surface area (Å²) in [4.78, 5) is 15.7. The Morgan fingerprint density at radius 1 is 1.35 bits per heavy atom. The van der Waals surface area contributed by atoms with E-state index in [4.69, 9.17) is 10.00 Å². The summed E-state index contributed by atoms with van der Waals surface area (Å²) >= 11 is 0.844. The molecule has 0 N–H and O–H groups in total. The van der Waals surface area contributed by atoms with Crippen LogP contribution in [-0.4, -0.2) is 68.9 Å². The van der Waals surface area contributed by atoms with Gasteiger partial charge in [0.05, 0.1) is 6.07 Å². The van der Waals surface area contributed by atoms with Crippen molar-refractivity contribution in [3.05, 3.63) is 0 Å². The molecule has 0 aromatic carbocycles. The van der Waals surface area contributed by atoms with Gasteiger partial charge < -0.3 is 9.64 Å². The number of ether oxygens (including phenoxy) is 1. The molecule has 0 spiro atoms. The Labute approximate surface area is 111 Å². The third kappa shape index (κ3) is 4.55. The van der Waals surface area contributed by atoms with E-state index in [1.165, 1.54) is 0 Å². The molecule has 1 heterocycles. The topological polar surface area (TPSA) is 56.6 Å². The summed E-state index contributed by atoms with van der Waals surface area (Å²) in [6.07, 6.45) is -0.251. The van der Waals surface area contributed by atoms with Gasteiger partial charge in [-0.25, -0.2) is 4.79 Å². The van der Waals surface area contributed by atoms with Crippen LogP contribution in [-0.2, 0) is 4.74 Å². The Morgan fingerprint density at radius 3 is 2.29 bits per heavy atom. The van der Waals surface area contributed by atoms with Crippen LogP contribution < -0.4 is 0 Å². The van der Waals surface area contributed by atoms with E-state index in [-0.39, 0.29) is 11.0 Å². The molecule has 1 fully saturated rings. The number of nitrogens with zero attached hydrogens (tertiary/aromatic N) is 3. The van der Waals surface area contributed by atoms with E-state index in [9.17, 15) is 4.79 Å². The molecular formula is C11H20AlN3O2. The van der Waals surface area contributed by atoms with Gasteiger partial charge in [0.2, 0.25) is 0 Å². The third-order valence-corrected chi connectivity index (χ3v) is 3.69. The second-order valence-electron chi connectivity index (χ2n) is 5.31. The number of amides is 1. The Morgan fingerprint density at radius 2 is 1.88 bits per heavy atom. The lowest BCUT2D eigenvalue weighted by molar-refractivity contribution is 0.0146. The average molecular weight is 253 g/mol. The van der Waals surface area contributed by atoms with Crippen LogP contribution in [0.5, 0.6) is 0 Å². The highest BCUT2D eigenvalue weighted by Crippen LogP contribution is 2.12. The molecule has 1 amide bonds. The number of hydrogen-bond acceptors (Lipinski definition) is 4. The predicted octanol–water partition coefficient (Wildman–Crippen LogP) is 0.0219. The maximum Gasteiger partial charge on any atom is 0.410 e. The fourth-order valence-electron chi connectivity index (χ4n) is 1.70. The summed E-state index contributed by atoms with van der Waals surface area (Å²) in [5.41, 5.74) is -0.443. The molecule has 1 aliphatic rings. The average Bonchev–Trinajstić information content (AvgIpc) is 2.26. The van der Waals surface area contributed by atoms with Crippen molar-refractivity contribution in [3.63, 3.8) is 0 Å². The van der Waals surface area contributed by atoms with Crippen LogP contribution in [0.4, 0.5) is 4.79 Å². The van der Waals surface area contributed by atoms with E-state index in [1.807, 2.05) is 20.8 Å². The quantitative estimate of drug-likeness (QED) is 0.618. The van der Waals surface area contributed by atoms with E-state index in [0.717, 1.165) is 29.4 Å². The van der Waals surface area contributed by atoms with Gasteiger partial charge in [0.1, 0.15) is 5.60 Å². The largest absolute Gasteiger partial charge is 0.444 e. The summed E-state index contributed by atoms with van der Waals surface area (Å²) in [5.74, 6) is 0. The van der Waals surface area contributed by atoms with Crippen molar-refractivity contribution < 1.29 is 9.53 Å². The summed E-state index contributed by atoms with van der Waals surface area (Å²) in [6, 6.07) is 2.27. The first-order valence-corrected chi connectivity index (χ1v) is 7.10. The molecule has 6 heteroatoms. The molecule has 0 aliphatic carbocycles. The molecule has 0 radical (unpaired) electrons. The fourth-order valence-corrected chi connectivity index (χ4v) is 2.22. The first-order valence-electron chi connectivity index (χ1n) is 5.95. The molecule has 0 saturated carbocycles. The summed E-state index contributed by atoms with van der Waals surface area (Å²) in [5, 5.41) is 8.85. The molecule has 0 aromatic heterocycles. The van der Waals surface area contributed by atoms with E-state index in [2.05, 4.69) is 11.0 Å². The molecule has 0 bridgehead atoms. The molecule has 1 aliphatic heterocycles. The van der Waals surface area contributed by atoms with E-state index in [0.29, 0.717) is 13.1 Å². The van der Waals surface area contributed by atoms with Crippen LogP contribution in [0.1, 0.15) is 20.8 Å². The van der Waals surface area contributed by atoms with E-state index < -0.39 is 5.60 Å². The lowest BCUT2D eigenvalue weighted by Gasteiger charge is -2.36. The Bertz CT molecular complexity index is 314. The van der Waals surface area contributed by atoms with Crippen LogP contribution in [0.15, 0.2) is 0 Å². The summed E-state index contributed by atoms with van der Waals surface area (Å²) in [7, 11) is 0. The zero-order chi connectivity index (χ0) is 13.1. The predicted molar refractivity (Wildman–Crippen MR) is 67.3 cm³/mol. The summed E-state index contributed by atoms with van der Waals surface area (Å²) < 4.78 is 5.31. The van der Waals surface area contributed by atoms with Gasteiger partial charge in [-0.05, 0) is 20.8 Å². The highest BCUT2D eigenvalue weighted by molar-refractivity contribution is 6.13. The number of hydrogen-bond donors (Lipinski definition) is 0. The molecule has 0 aromatic rings. The van der Waals surface area contributed by atoms with Crippen molar-refractivity contribution in [3.8, 4) is 6.07 Å². The lowest BCUT2D eigenvalue weighted by Crippen LogP contribution is -2.52. The third-order valence-electron chi connectivity index (χ3n) is 2.70. The first-order chi connectivity index (χ1) is 7.83. The van der Waals surface area contributed by atoms with Crippen LogP contribution in [0.25, 0.3) is 0 Å². The highest BCUT2D eigenvalue weighted by Gasteiger charge is 2.27. The second-order valence-corrected chi connectivity index (χ2v) is 6.40. The zero-order valence-corrected chi connectivity index (χ0v) is 13.1. The van der Waals surface area contributed by atoms with Gasteiger partial charge in [-0.2, -0.15) is 5.26 Å². The number of nitriles is 1. The molecule has 94 valence electrons. The Hall–Kier alpha value is -0.748. The molecule has 17 heavy (non-hydrogen) atoms. The Kier molecular flexibility index (Phi) is 4.82. The minimum Gasteiger partial charge on any atom is -0.444 e. The van der Waals surface area contributed by atoms with Crippen LogP contribution in [0, 0.1) is 11.3 Å². The van der Waals surface area contributed by atoms with Gasteiger partial charge in [-0.1, -0.05) is 0 Å². The minimum atomic E-state index is -0.443. The van der Waals surface area contributed by atoms with Crippen LogP contribution >= 0.6 is 0 Å². The monoisotopic (exact) mass is 253 g/mol. The standard InChI is InChI=1S/C11H18N3O2.Al.2H/c1-11(2,3)16-10(15)14-8-6-13(5-4-12)7-9-14;;;/h5H,6-9H2,1-3H3;;;. The van der Waals surface area contributed by atoms with Crippen molar-refractivity contribution in [2.45, 2.75) is 31.3 Å². The maximum absolute atomic E-state index is 11.8. The van der Waals surface area contributed by atoms with Gasteiger partial charge in [0.15, 0.2) is 0 Å². The van der Waals surface area contributed by atoms with Crippen molar-refractivity contribution in [2.75, 3.05) is 26.2 Å². The normalized spacial score (nSPS) is 19.5. The second kappa shape index (κ2) is 5.73. The first kappa shape index (κ1) is 14.3. The molecule has 1 unspecified atom stereocenters. The van der Waals surface area contributed by atoms with Crippen molar-refractivity contribution >= 4 is 22.4 Å². The van der Waals surface area contributed by atoms with Crippen LogP contribution in [0.3, 0.4) is 0 Å². The van der Waals surface area contributed by atoms with Crippen molar-refractivity contribution in [1.29, 1.82) is 5.26 Å². The lowest BCUT2D eigenvalue weighted by atomic mass is 10.2. The van der Waals surface area contributed by atoms with Gasteiger partial charge in [0.25, 0.3) is 16.3 Å². The zero-order valence-electron chi connectivity index (χ0n) is 11.1. The van der Waals surface area contributed by atoms with Crippen molar-refractivity contribution in [1.82, 2.24) is 9.80 Å². The highest BCUT2D eigenvalue weighted by atomic mass is 27.0. The van der Waals surface area contributed by atoms with Gasteiger partial charge in [-0.3, -0.25) is 4.90 Å². The number of carbonyl (C=O) groups is 1. The summed E-state index contributed by atoms with van der Waals surface area (Å²) in [6.45, 7) is 8.42. The van der Waals surface area contributed by atoms with E-state index in [1.54, 1.807) is 4.90 Å². The molecule has 1 rings (SSSR count). The smallest absolute Gasteiger partial charge is 0.410 e. The molecular weight excluding hydrogens is 233 g/mol. The van der Waals surface area contributed by atoms with Gasteiger partial charge in [-0.15, -0.1) is 0 Å². The minimum absolute atomic E-state index is 0.0517. The molecule has 1 atom stereocenters. The van der Waals surface area contributed by atoms with Gasteiger partial charge >= 0.3 is 6.09 Å². The molecule has 5 nitrogen and oxygen atoms in total. The number of rotatable bonds is 1. The van der Waals surface area contributed by atoms with E-state index >= 15 is 0 Å². The molecule has 1 saturated heterocycles. The Balaban J connectivity index is 2.42.